The number of methoxy groups -OCH3 is 2. The fourth-order valence-electron chi connectivity index (χ4n) is 3.04. The molecule has 2 rings (SSSR count). The quantitative estimate of drug-likeness (QED) is 0.705. The third-order valence-corrected chi connectivity index (χ3v) is 3.90. The first-order valence-corrected chi connectivity index (χ1v) is 6.25. The molecule has 0 radical (unpaired) electrons. The summed E-state index contributed by atoms with van der Waals surface area (Å²) in [5.41, 5.74) is -0.276. The van der Waals surface area contributed by atoms with E-state index in [1.165, 1.54) is 7.11 Å². The van der Waals surface area contributed by atoms with E-state index < -0.39 is 5.60 Å². The Morgan fingerprint density at radius 3 is 2.56 bits per heavy atom. The number of oxime groups is 1. The SMILES string of the molecule is COC(=O)C12ON=C(C(C)(C)C)C1CCC2OC. The van der Waals surface area contributed by atoms with Crippen LogP contribution >= 0.6 is 0 Å². The van der Waals surface area contributed by atoms with Gasteiger partial charge in [0, 0.05) is 12.5 Å². The first-order valence-electron chi connectivity index (χ1n) is 6.25. The van der Waals surface area contributed by atoms with Crippen molar-refractivity contribution in [3.05, 3.63) is 0 Å². The van der Waals surface area contributed by atoms with Gasteiger partial charge >= 0.3 is 5.97 Å². The summed E-state index contributed by atoms with van der Waals surface area (Å²) in [5.74, 6) is -0.435. The molecule has 0 aromatic carbocycles. The van der Waals surface area contributed by atoms with Crippen LogP contribution in [0.5, 0.6) is 0 Å². The Balaban J connectivity index is 2.39. The van der Waals surface area contributed by atoms with Gasteiger partial charge in [-0.25, -0.2) is 4.79 Å². The normalized spacial score (nSPS) is 34.8. The zero-order chi connectivity index (χ0) is 13.6. The van der Waals surface area contributed by atoms with E-state index in [0.717, 1.165) is 18.6 Å². The zero-order valence-corrected chi connectivity index (χ0v) is 11.6. The van der Waals surface area contributed by atoms with Gasteiger partial charge in [0.05, 0.1) is 18.7 Å². The molecule has 0 saturated heterocycles. The first-order chi connectivity index (χ1) is 8.37. The second kappa shape index (κ2) is 4.23. The van der Waals surface area contributed by atoms with E-state index in [1.807, 2.05) is 0 Å². The van der Waals surface area contributed by atoms with Crippen LogP contribution in [-0.4, -0.2) is 37.6 Å². The van der Waals surface area contributed by atoms with Crippen molar-refractivity contribution in [3.63, 3.8) is 0 Å². The number of carbonyl (C=O) groups excluding carboxylic acids is 1. The molecule has 0 amide bonds. The summed E-state index contributed by atoms with van der Waals surface area (Å²) < 4.78 is 10.3. The fourth-order valence-corrected chi connectivity index (χ4v) is 3.04. The van der Waals surface area contributed by atoms with Gasteiger partial charge in [0.25, 0.3) is 5.60 Å². The maximum Gasteiger partial charge on any atom is 0.356 e. The van der Waals surface area contributed by atoms with Gasteiger partial charge in [-0.15, -0.1) is 0 Å². The number of rotatable bonds is 2. The number of fused-ring (bicyclic) bond motifs is 1. The van der Waals surface area contributed by atoms with Crippen molar-refractivity contribution in [3.8, 4) is 0 Å². The molecule has 5 heteroatoms. The largest absolute Gasteiger partial charge is 0.466 e. The lowest BCUT2D eigenvalue weighted by Gasteiger charge is -2.30. The molecule has 1 aliphatic carbocycles. The molecular formula is C13H21NO4. The second-order valence-corrected chi connectivity index (χ2v) is 5.96. The number of carbonyl (C=O) groups is 1. The van der Waals surface area contributed by atoms with Crippen LogP contribution < -0.4 is 0 Å². The summed E-state index contributed by atoms with van der Waals surface area (Å²) in [4.78, 5) is 17.7. The smallest absolute Gasteiger partial charge is 0.356 e. The molecule has 5 nitrogen and oxygen atoms in total. The number of esters is 1. The van der Waals surface area contributed by atoms with Crippen molar-refractivity contribution in [2.75, 3.05) is 14.2 Å². The van der Waals surface area contributed by atoms with Crippen molar-refractivity contribution < 1.29 is 19.1 Å². The van der Waals surface area contributed by atoms with Gasteiger partial charge in [0.1, 0.15) is 6.10 Å². The monoisotopic (exact) mass is 255 g/mol. The van der Waals surface area contributed by atoms with E-state index in [-0.39, 0.29) is 23.4 Å². The molecule has 3 unspecified atom stereocenters. The maximum atomic E-state index is 12.2. The molecule has 3 atom stereocenters. The van der Waals surface area contributed by atoms with Crippen molar-refractivity contribution in [1.29, 1.82) is 0 Å². The summed E-state index contributed by atoms with van der Waals surface area (Å²) in [6.45, 7) is 6.22. The van der Waals surface area contributed by atoms with Crippen LogP contribution in [0.25, 0.3) is 0 Å². The minimum atomic E-state index is -1.08. The lowest BCUT2D eigenvalue weighted by Crippen LogP contribution is -2.53. The number of ether oxygens (including phenoxy) is 2. The van der Waals surface area contributed by atoms with Gasteiger partial charge in [-0.2, -0.15) is 0 Å². The van der Waals surface area contributed by atoms with Gasteiger partial charge in [0.2, 0.25) is 0 Å². The Morgan fingerprint density at radius 1 is 1.39 bits per heavy atom. The molecule has 18 heavy (non-hydrogen) atoms. The Kier molecular flexibility index (Phi) is 3.13. The maximum absolute atomic E-state index is 12.2. The molecular weight excluding hydrogens is 234 g/mol. The number of hydrogen-bond acceptors (Lipinski definition) is 5. The highest BCUT2D eigenvalue weighted by Gasteiger charge is 2.66. The second-order valence-electron chi connectivity index (χ2n) is 5.96. The van der Waals surface area contributed by atoms with E-state index in [9.17, 15) is 4.79 Å². The minimum Gasteiger partial charge on any atom is -0.466 e. The van der Waals surface area contributed by atoms with E-state index >= 15 is 0 Å². The van der Waals surface area contributed by atoms with E-state index in [0.29, 0.717) is 0 Å². The highest BCUT2D eigenvalue weighted by Crippen LogP contribution is 2.49. The van der Waals surface area contributed by atoms with Crippen LogP contribution in [0.2, 0.25) is 0 Å². The molecule has 102 valence electrons. The molecule has 0 bridgehead atoms. The molecule has 0 spiro atoms. The third kappa shape index (κ3) is 1.64. The summed E-state index contributed by atoms with van der Waals surface area (Å²) in [5, 5.41) is 4.17. The molecule has 1 saturated carbocycles. The summed E-state index contributed by atoms with van der Waals surface area (Å²) in [7, 11) is 2.97. The molecule has 0 aromatic heterocycles. The summed E-state index contributed by atoms with van der Waals surface area (Å²) >= 11 is 0. The predicted octanol–water partition coefficient (Wildman–Crippen LogP) is 1.76. The fraction of sp³-hybridized carbons (Fsp3) is 0.846. The Labute approximate surface area is 107 Å². The molecule has 0 aromatic rings. The van der Waals surface area contributed by atoms with Crippen molar-refractivity contribution in [2.24, 2.45) is 16.5 Å². The molecule has 1 heterocycles. The molecule has 2 aliphatic rings. The number of nitrogens with zero attached hydrogens (tertiary/aromatic N) is 1. The van der Waals surface area contributed by atoms with Gasteiger partial charge in [-0.3, -0.25) is 0 Å². The predicted molar refractivity (Wildman–Crippen MR) is 66.2 cm³/mol. The van der Waals surface area contributed by atoms with Crippen LogP contribution in [0.15, 0.2) is 5.16 Å². The molecule has 1 fully saturated rings. The minimum absolute atomic E-state index is 0.0464. The summed E-state index contributed by atoms with van der Waals surface area (Å²) in [6, 6.07) is 0. The van der Waals surface area contributed by atoms with Crippen LogP contribution in [0.3, 0.4) is 0 Å². The van der Waals surface area contributed by atoms with E-state index in [1.54, 1.807) is 7.11 Å². The van der Waals surface area contributed by atoms with Crippen molar-refractivity contribution in [2.45, 2.75) is 45.3 Å². The topological polar surface area (TPSA) is 57.1 Å². The highest BCUT2D eigenvalue weighted by molar-refractivity contribution is 5.99. The van der Waals surface area contributed by atoms with Gasteiger partial charge in [-0.1, -0.05) is 25.9 Å². The highest BCUT2D eigenvalue weighted by atomic mass is 16.7. The van der Waals surface area contributed by atoms with Crippen molar-refractivity contribution in [1.82, 2.24) is 0 Å². The van der Waals surface area contributed by atoms with Crippen molar-refractivity contribution >= 4 is 11.7 Å². The van der Waals surface area contributed by atoms with Gasteiger partial charge in [0.15, 0.2) is 0 Å². The average molecular weight is 255 g/mol. The van der Waals surface area contributed by atoms with E-state index in [2.05, 4.69) is 25.9 Å². The van der Waals surface area contributed by atoms with Gasteiger partial charge in [-0.05, 0) is 12.8 Å². The molecule has 1 aliphatic heterocycles. The van der Waals surface area contributed by atoms with Crippen LogP contribution in [0.4, 0.5) is 0 Å². The Hall–Kier alpha value is -1.10. The first kappa shape index (κ1) is 13.3. The Bertz CT molecular complexity index is 385. The number of hydrogen-bond donors (Lipinski definition) is 0. The standard InChI is InChI=1S/C13H21NO4/c1-12(2,3)10-8-6-7-9(16-4)13(8,18-14-10)11(15)17-5/h8-9H,6-7H2,1-5H3. The van der Waals surface area contributed by atoms with Gasteiger partial charge < -0.3 is 14.3 Å². The van der Waals surface area contributed by atoms with Crippen LogP contribution in [0.1, 0.15) is 33.6 Å². The van der Waals surface area contributed by atoms with Crippen LogP contribution in [-0.2, 0) is 19.1 Å². The lowest BCUT2D eigenvalue weighted by atomic mass is 9.76. The van der Waals surface area contributed by atoms with Crippen LogP contribution in [0, 0.1) is 11.3 Å². The average Bonchev–Trinajstić information content (AvgIpc) is 2.83. The Morgan fingerprint density at radius 2 is 2.06 bits per heavy atom. The molecule has 0 N–H and O–H groups in total. The zero-order valence-electron chi connectivity index (χ0n) is 11.6. The summed E-state index contributed by atoms with van der Waals surface area (Å²) in [6.07, 6.45) is 1.33. The van der Waals surface area contributed by atoms with E-state index in [4.69, 9.17) is 14.3 Å². The lowest BCUT2D eigenvalue weighted by molar-refractivity contribution is -0.184. The third-order valence-electron chi connectivity index (χ3n) is 3.90.